The predicted molar refractivity (Wildman–Crippen MR) is 53.1 cm³/mol. The van der Waals surface area contributed by atoms with Crippen molar-refractivity contribution >= 4 is 5.71 Å². The third-order valence-corrected chi connectivity index (χ3v) is 2.05. The molecule has 12 heavy (non-hydrogen) atoms. The van der Waals surface area contributed by atoms with Crippen LogP contribution in [0.2, 0.25) is 0 Å². The Morgan fingerprint density at radius 3 is 2.58 bits per heavy atom. The number of aryl methyl sites for hydroxylation is 2. The molecule has 1 rings (SSSR count). The molecule has 0 unspecified atom stereocenters. The van der Waals surface area contributed by atoms with Crippen molar-refractivity contribution in [3.63, 3.8) is 0 Å². The summed E-state index contributed by atoms with van der Waals surface area (Å²) < 4.78 is 0. The molecule has 0 aromatic heterocycles. The molecule has 1 aromatic rings. The summed E-state index contributed by atoms with van der Waals surface area (Å²) in [7, 11) is 0. The zero-order chi connectivity index (χ0) is 9.14. The standard InChI is InChI=1S/C11H15N/c1-4-10-6-5-8(2)7-11(10)9(3)12/h5-7,12H,4H2,1-3H3. The first-order valence-electron chi connectivity index (χ1n) is 4.30. The van der Waals surface area contributed by atoms with Gasteiger partial charge in [0.2, 0.25) is 0 Å². The second kappa shape index (κ2) is 3.53. The Hall–Kier alpha value is -1.11. The normalized spacial score (nSPS) is 9.92. The lowest BCUT2D eigenvalue weighted by atomic mass is 9.99. The largest absolute Gasteiger partial charge is 0.305 e. The van der Waals surface area contributed by atoms with Crippen molar-refractivity contribution in [2.75, 3.05) is 0 Å². The fourth-order valence-corrected chi connectivity index (χ4v) is 1.35. The summed E-state index contributed by atoms with van der Waals surface area (Å²) in [5.41, 5.74) is 4.26. The van der Waals surface area contributed by atoms with Crippen LogP contribution in [0.5, 0.6) is 0 Å². The predicted octanol–water partition coefficient (Wildman–Crippen LogP) is 2.95. The summed E-state index contributed by atoms with van der Waals surface area (Å²) in [4.78, 5) is 0. The molecule has 0 amide bonds. The van der Waals surface area contributed by atoms with E-state index in [1.807, 2.05) is 6.92 Å². The van der Waals surface area contributed by atoms with Crippen LogP contribution in [0.25, 0.3) is 0 Å². The van der Waals surface area contributed by atoms with Crippen molar-refractivity contribution in [1.29, 1.82) is 5.41 Å². The van der Waals surface area contributed by atoms with E-state index in [2.05, 4.69) is 32.0 Å². The Balaban J connectivity index is 3.21. The molecule has 0 heterocycles. The summed E-state index contributed by atoms with van der Waals surface area (Å²) >= 11 is 0. The first-order valence-corrected chi connectivity index (χ1v) is 4.30. The molecule has 0 radical (unpaired) electrons. The molecule has 0 aliphatic carbocycles. The van der Waals surface area contributed by atoms with Gasteiger partial charge in [-0.25, -0.2) is 0 Å². The second-order valence-corrected chi connectivity index (χ2v) is 3.14. The van der Waals surface area contributed by atoms with E-state index in [0.717, 1.165) is 12.0 Å². The lowest BCUT2D eigenvalue weighted by molar-refractivity contribution is 1.12. The molecule has 0 spiro atoms. The Kier molecular flexibility index (Phi) is 2.64. The first-order chi connectivity index (χ1) is 5.65. The number of nitrogens with one attached hydrogen (secondary N) is 1. The van der Waals surface area contributed by atoms with Gasteiger partial charge in [0.15, 0.2) is 0 Å². The van der Waals surface area contributed by atoms with Gasteiger partial charge in [-0.1, -0.05) is 24.6 Å². The average molecular weight is 161 g/mol. The molecular weight excluding hydrogens is 146 g/mol. The molecule has 0 aliphatic heterocycles. The van der Waals surface area contributed by atoms with Crippen LogP contribution in [0, 0.1) is 12.3 Å². The van der Waals surface area contributed by atoms with Crippen LogP contribution in [0.15, 0.2) is 18.2 Å². The molecule has 64 valence electrons. The van der Waals surface area contributed by atoms with E-state index in [9.17, 15) is 0 Å². The van der Waals surface area contributed by atoms with Crippen LogP contribution < -0.4 is 0 Å². The average Bonchev–Trinajstić information content (AvgIpc) is 2.04. The molecular formula is C11H15N. The minimum atomic E-state index is 0.663. The van der Waals surface area contributed by atoms with Gasteiger partial charge in [-0.05, 0) is 37.5 Å². The highest BCUT2D eigenvalue weighted by atomic mass is 14.4. The van der Waals surface area contributed by atoms with Gasteiger partial charge in [0.05, 0.1) is 0 Å². The van der Waals surface area contributed by atoms with E-state index in [1.165, 1.54) is 11.1 Å². The molecule has 0 saturated heterocycles. The highest BCUT2D eigenvalue weighted by molar-refractivity contribution is 5.97. The first kappa shape index (κ1) is 8.98. The van der Waals surface area contributed by atoms with Crippen molar-refractivity contribution in [1.82, 2.24) is 0 Å². The van der Waals surface area contributed by atoms with Gasteiger partial charge in [-0.3, -0.25) is 0 Å². The highest BCUT2D eigenvalue weighted by Crippen LogP contribution is 2.12. The molecule has 0 aliphatic rings. The second-order valence-electron chi connectivity index (χ2n) is 3.14. The summed E-state index contributed by atoms with van der Waals surface area (Å²) in [5.74, 6) is 0. The van der Waals surface area contributed by atoms with Crippen LogP contribution in [0.4, 0.5) is 0 Å². The Morgan fingerprint density at radius 1 is 1.42 bits per heavy atom. The zero-order valence-corrected chi connectivity index (χ0v) is 7.94. The van der Waals surface area contributed by atoms with Gasteiger partial charge in [0.25, 0.3) is 0 Å². The molecule has 0 fully saturated rings. The van der Waals surface area contributed by atoms with Gasteiger partial charge in [-0.2, -0.15) is 0 Å². The fraction of sp³-hybridized carbons (Fsp3) is 0.364. The minimum absolute atomic E-state index is 0.663. The minimum Gasteiger partial charge on any atom is -0.305 e. The van der Waals surface area contributed by atoms with Gasteiger partial charge >= 0.3 is 0 Å². The van der Waals surface area contributed by atoms with E-state index < -0.39 is 0 Å². The van der Waals surface area contributed by atoms with E-state index in [4.69, 9.17) is 5.41 Å². The molecule has 0 bridgehead atoms. The smallest absolute Gasteiger partial charge is 0.0358 e. The van der Waals surface area contributed by atoms with E-state index in [1.54, 1.807) is 0 Å². The van der Waals surface area contributed by atoms with Crippen LogP contribution in [-0.4, -0.2) is 5.71 Å². The SMILES string of the molecule is CCc1ccc(C)cc1C(C)=N. The Bertz CT molecular complexity index is 300. The zero-order valence-electron chi connectivity index (χ0n) is 7.94. The van der Waals surface area contributed by atoms with Crippen molar-refractivity contribution < 1.29 is 0 Å². The summed E-state index contributed by atoms with van der Waals surface area (Å²) in [6, 6.07) is 6.30. The summed E-state index contributed by atoms with van der Waals surface area (Å²) in [6.07, 6.45) is 1.01. The van der Waals surface area contributed by atoms with Crippen molar-refractivity contribution in [3.8, 4) is 0 Å². The summed E-state index contributed by atoms with van der Waals surface area (Å²) in [5, 5.41) is 7.58. The fourth-order valence-electron chi connectivity index (χ4n) is 1.35. The van der Waals surface area contributed by atoms with Crippen LogP contribution in [0.1, 0.15) is 30.5 Å². The molecule has 0 saturated carbocycles. The Labute approximate surface area is 73.9 Å². The van der Waals surface area contributed by atoms with E-state index >= 15 is 0 Å². The Morgan fingerprint density at radius 2 is 2.08 bits per heavy atom. The van der Waals surface area contributed by atoms with Gasteiger partial charge in [0.1, 0.15) is 0 Å². The molecule has 1 heteroatoms. The maximum absolute atomic E-state index is 7.58. The van der Waals surface area contributed by atoms with E-state index in [0.29, 0.717) is 5.71 Å². The molecule has 0 atom stereocenters. The number of hydrogen-bond acceptors (Lipinski definition) is 1. The van der Waals surface area contributed by atoms with Crippen LogP contribution >= 0.6 is 0 Å². The molecule has 1 aromatic carbocycles. The maximum atomic E-state index is 7.58. The number of hydrogen-bond donors (Lipinski definition) is 1. The topological polar surface area (TPSA) is 23.9 Å². The number of benzene rings is 1. The van der Waals surface area contributed by atoms with E-state index in [-0.39, 0.29) is 0 Å². The van der Waals surface area contributed by atoms with Crippen LogP contribution in [0.3, 0.4) is 0 Å². The number of rotatable bonds is 2. The monoisotopic (exact) mass is 161 g/mol. The molecule has 1 nitrogen and oxygen atoms in total. The summed E-state index contributed by atoms with van der Waals surface area (Å²) in [6.45, 7) is 6.02. The van der Waals surface area contributed by atoms with Gasteiger partial charge in [-0.15, -0.1) is 0 Å². The van der Waals surface area contributed by atoms with Crippen molar-refractivity contribution in [3.05, 3.63) is 34.9 Å². The van der Waals surface area contributed by atoms with Crippen molar-refractivity contribution in [2.45, 2.75) is 27.2 Å². The third-order valence-electron chi connectivity index (χ3n) is 2.05. The molecule has 1 N–H and O–H groups in total. The lowest BCUT2D eigenvalue weighted by Gasteiger charge is -2.06. The highest BCUT2D eigenvalue weighted by Gasteiger charge is 2.01. The lowest BCUT2D eigenvalue weighted by Crippen LogP contribution is -1.98. The van der Waals surface area contributed by atoms with Crippen LogP contribution in [-0.2, 0) is 6.42 Å². The van der Waals surface area contributed by atoms with Crippen molar-refractivity contribution in [2.24, 2.45) is 0 Å². The quantitative estimate of drug-likeness (QED) is 0.645. The van der Waals surface area contributed by atoms with Gasteiger partial charge in [0, 0.05) is 5.71 Å². The third kappa shape index (κ3) is 1.73. The van der Waals surface area contributed by atoms with Gasteiger partial charge < -0.3 is 5.41 Å². The maximum Gasteiger partial charge on any atom is 0.0358 e.